The Labute approximate surface area is 112 Å². The topological polar surface area (TPSA) is 77.9 Å². The van der Waals surface area contributed by atoms with Gasteiger partial charge in [-0.1, -0.05) is 0 Å². The van der Waals surface area contributed by atoms with Gasteiger partial charge in [0.15, 0.2) is 0 Å². The van der Waals surface area contributed by atoms with Crippen molar-refractivity contribution in [2.24, 2.45) is 11.8 Å². The summed E-state index contributed by atoms with van der Waals surface area (Å²) in [7, 11) is 1.74. The van der Waals surface area contributed by atoms with Gasteiger partial charge >= 0.3 is 5.97 Å². The van der Waals surface area contributed by atoms with Crippen LogP contribution < -0.4 is 0 Å². The van der Waals surface area contributed by atoms with Crippen LogP contribution in [0.4, 0.5) is 0 Å². The second-order valence-corrected chi connectivity index (χ2v) is 5.47. The minimum atomic E-state index is -0.818. The summed E-state index contributed by atoms with van der Waals surface area (Å²) in [4.78, 5) is 38.2. The number of amides is 2. The standard InChI is InChI=1S/C13H20N2O4/c1-14-5-2-6-15(8-11(14)16)12(17)9-3-4-10(7-9)13(18)19/h9-10H,2-8H2,1H3,(H,18,19). The van der Waals surface area contributed by atoms with E-state index in [0.717, 1.165) is 6.42 Å². The van der Waals surface area contributed by atoms with E-state index >= 15 is 0 Å². The highest BCUT2D eigenvalue weighted by molar-refractivity contribution is 5.87. The van der Waals surface area contributed by atoms with Gasteiger partial charge in [-0.15, -0.1) is 0 Å². The number of nitrogens with zero attached hydrogens (tertiary/aromatic N) is 2. The predicted octanol–water partition coefficient (Wildman–Crippen LogP) is 0.178. The minimum absolute atomic E-state index is 0.0429. The molecule has 0 aromatic carbocycles. The molecule has 0 bridgehead atoms. The molecular weight excluding hydrogens is 248 g/mol. The van der Waals surface area contributed by atoms with E-state index in [1.165, 1.54) is 0 Å². The lowest BCUT2D eigenvalue weighted by Gasteiger charge is -2.23. The molecule has 1 aliphatic heterocycles. The van der Waals surface area contributed by atoms with Crippen molar-refractivity contribution < 1.29 is 19.5 Å². The molecule has 0 radical (unpaired) electrons. The quantitative estimate of drug-likeness (QED) is 0.775. The van der Waals surface area contributed by atoms with Crippen LogP contribution >= 0.6 is 0 Å². The van der Waals surface area contributed by atoms with Gasteiger partial charge in [-0.2, -0.15) is 0 Å². The smallest absolute Gasteiger partial charge is 0.306 e. The molecule has 106 valence electrons. The third-order valence-corrected chi connectivity index (χ3v) is 4.12. The average molecular weight is 268 g/mol. The van der Waals surface area contributed by atoms with Crippen molar-refractivity contribution in [3.8, 4) is 0 Å². The Morgan fingerprint density at radius 3 is 2.53 bits per heavy atom. The van der Waals surface area contributed by atoms with Gasteiger partial charge in [-0.05, 0) is 25.7 Å². The van der Waals surface area contributed by atoms with Crippen LogP contribution in [0.15, 0.2) is 0 Å². The first-order chi connectivity index (χ1) is 8.99. The van der Waals surface area contributed by atoms with Crippen molar-refractivity contribution in [1.82, 2.24) is 9.80 Å². The van der Waals surface area contributed by atoms with Crippen molar-refractivity contribution in [1.29, 1.82) is 0 Å². The van der Waals surface area contributed by atoms with Crippen LogP contribution in [0, 0.1) is 11.8 Å². The summed E-state index contributed by atoms with van der Waals surface area (Å²) < 4.78 is 0. The zero-order valence-electron chi connectivity index (χ0n) is 11.2. The maximum atomic E-state index is 12.3. The van der Waals surface area contributed by atoms with Gasteiger partial charge in [0.25, 0.3) is 0 Å². The van der Waals surface area contributed by atoms with Gasteiger partial charge in [0, 0.05) is 26.1 Å². The minimum Gasteiger partial charge on any atom is -0.481 e. The van der Waals surface area contributed by atoms with Gasteiger partial charge in [0.05, 0.1) is 12.5 Å². The average Bonchev–Trinajstić information content (AvgIpc) is 2.79. The van der Waals surface area contributed by atoms with E-state index in [4.69, 9.17) is 5.11 Å². The van der Waals surface area contributed by atoms with E-state index in [-0.39, 0.29) is 24.3 Å². The highest BCUT2D eigenvalue weighted by atomic mass is 16.4. The molecule has 2 unspecified atom stereocenters. The first kappa shape index (κ1) is 13.8. The zero-order valence-corrected chi connectivity index (χ0v) is 11.2. The molecule has 2 atom stereocenters. The molecule has 1 N–H and O–H groups in total. The van der Waals surface area contributed by atoms with Crippen molar-refractivity contribution in [2.75, 3.05) is 26.7 Å². The molecule has 1 aliphatic carbocycles. The van der Waals surface area contributed by atoms with Crippen LogP contribution in [0.1, 0.15) is 25.7 Å². The molecule has 2 aliphatic rings. The molecule has 1 heterocycles. The molecule has 6 nitrogen and oxygen atoms in total. The number of hydrogen-bond acceptors (Lipinski definition) is 3. The van der Waals surface area contributed by atoms with Gasteiger partial charge in [-0.3, -0.25) is 14.4 Å². The van der Waals surface area contributed by atoms with E-state index in [1.54, 1.807) is 16.8 Å². The van der Waals surface area contributed by atoms with Gasteiger partial charge in [0.2, 0.25) is 11.8 Å². The van der Waals surface area contributed by atoms with Crippen molar-refractivity contribution in [3.63, 3.8) is 0 Å². The summed E-state index contributed by atoms with van der Waals surface area (Å²) >= 11 is 0. The van der Waals surface area contributed by atoms with Crippen molar-refractivity contribution in [3.05, 3.63) is 0 Å². The number of carbonyl (C=O) groups excluding carboxylic acids is 2. The van der Waals surface area contributed by atoms with E-state index in [9.17, 15) is 14.4 Å². The van der Waals surface area contributed by atoms with E-state index in [2.05, 4.69) is 0 Å². The number of rotatable bonds is 2. The Hall–Kier alpha value is -1.59. The van der Waals surface area contributed by atoms with Crippen LogP contribution in [0.2, 0.25) is 0 Å². The Morgan fingerprint density at radius 1 is 1.21 bits per heavy atom. The second-order valence-electron chi connectivity index (χ2n) is 5.47. The molecule has 6 heteroatoms. The SMILES string of the molecule is CN1CCCN(C(=O)C2CCC(C(=O)O)C2)CC1=O. The summed E-state index contributed by atoms with van der Waals surface area (Å²) in [6.07, 6.45) is 2.38. The highest BCUT2D eigenvalue weighted by Gasteiger charge is 2.36. The molecule has 1 saturated carbocycles. The Kier molecular flexibility index (Phi) is 4.07. The van der Waals surface area contributed by atoms with E-state index in [0.29, 0.717) is 32.4 Å². The summed E-state index contributed by atoms with van der Waals surface area (Å²) in [5, 5.41) is 8.96. The van der Waals surface area contributed by atoms with Crippen LogP contribution in [0.5, 0.6) is 0 Å². The monoisotopic (exact) mass is 268 g/mol. The first-order valence-corrected chi connectivity index (χ1v) is 6.74. The van der Waals surface area contributed by atoms with Crippen LogP contribution in [-0.2, 0) is 14.4 Å². The lowest BCUT2D eigenvalue weighted by molar-refractivity contribution is -0.142. The molecule has 0 spiro atoms. The molecular formula is C13H20N2O4. The number of likely N-dealkylation sites (N-methyl/N-ethyl adjacent to an activating group) is 1. The molecule has 0 aromatic rings. The lowest BCUT2D eigenvalue weighted by atomic mass is 10.0. The van der Waals surface area contributed by atoms with Crippen molar-refractivity contribution in [2.45, 2.75) is 25.7 Å². The van der Waals surface area contributed by atoms with Gasteiger partial charge in [-0.25, -0.2) is 0 Å². The van der Waals surface area contributed by atoms with Crippen LogP contribution in [-0.4, -0.2) is 59.4 Å². The maximum Gasteiger partial charge on any atom is 0.306 e. The van der Waals surface area contributed by atoms with E-state index in [1.807, 2.05) is 0 Å². The lowest BCUT2D eigenvalue weighted by Crippen LogP contribution is -2.40. The second kappa shape index (κ2) is 5.59. The highest BCUT2D eigenvalue weighted by Crippen LogP contribution is 2.32. The molecule has 19 heavy (non-hydrogen) atoms. The number of aliphatic carboxylic acids is 1. The maximum absolute atomic E-state index is 12.3. The van der Waals surface area contributed by atoms with Gasteiger partial charge in [0.1, 0.15) is 0 Å². The zero-order chi connectivity index (χ0) is 14.0. The largest absolute Gasteiger partial charge is 0.481 e. The third-order valence-electron chi connectivity index (χ3n) is 4.12. The number of carboxylic acid groups (broad SMARTS) is 1. The molecule has 2 rings (SSSR count). The molecule has 1 saturated heterocycles. The summed E-state index contributed by atoms with van der Waals surface area (Å²) in [5.41, 5.74) is 0. The number of carbonyl (C=O) groups is 3. The van der Waals surface area contributed by atoms with Gasteiger partial charge < -0.3 is 14.9 Å². The fourth-order valence-electron chi connectivity index (χ4n) is 2.86. The third kappa shape index (κ3) is 3.05. The van der Waals surface area contributed by atoms with Crippen LogP contribution in [0.25, 0.3) is 0 Å². The van der Waals surface area contributed by atoms with Crippen LogP contribution in [0.3, 0.4) is 0 Å². The molecule has 0 aromatic heterocycles. The summed E-state index contributed by atoms with van der Waals surface area (Å²) in [6, 6.07) is 0. The Bertz CT molecular complexity index is 396. The van der Waals surface area contributed by atoms with E-state index < -0.39 is 11.9 Å². The number of hydrogen-bond donors (Lipinski definition) is 1. The molecule has 2 fully saturated rings. The normalized spacial score (nSPS) is 28.4. The fraction of sp³-hybridized carbons (Fsp3) is 0.769. The Balaban J connectivity index is 1.96. The first-order valence-electron chi connectivity index (χ1n) is 6.74. The predicted molar refractivity (Wildman–Crippen MR) is 67.3 cm³/mol. The summed E-state index contributed by atoms with van der Waals surface area (Å²) in [5.74, 6) is -1.54. The summed E-state index contributed by atoms with van der Waals surface area (Å²) in [6.45, 7) is 1.39. The fourth-order valence-corrected chi connectivity index (χ4v) is 2.86. The van der Waals surface area contributed by atoms with Crippen molar-refractivity contribution >= 4 is 17.8 Å². The Morgan fingerprint density at radius 2 is 1.89 bits per heavy atom. The molecule has 2 amide bonds. The number of carboxylic acids is 1.